The summed E-state index contributed by atoms with van der Waals surface area (Å²) in [5, 5.41) is 14.1. The van der Waals surface area contributed by atoms with Crippen LogP contribution in [0.4, 0.5) is 5.69 Å². The third-order valence-corrected chi connectivity index (χ3v) is 1.96. The third kappa shape index (κ3) is 2.51. The van der Waals surface area contributed by atoms with Crippen molar-refractivity contribution in [3.63, 3.8) is 0 Å². The molecule has 0 radical (unpaired) electrons. The number of hydrogen-bond donors (Lipinski definition) is 3. The first kappa shape index (κ1) is 10.6. The maximum atomic E-state index is 10.7. The number of nitrogens with two attached hydrogens (primary N) is 1. The van der Waals surface area contributed by atoms with Gasteiger partial charge in [0.2, 0.25) is 0 Å². The molecule has 7 heteroatoms. The van der Waals surface area contributed by atoms with Crippen molar-refractivity contribution in [3.05, 3.63) is 18.2 Å². The summed E-state index contributed by atoms with van der Waals surface area (Å²) < 4.78 is 28.2. The van der Waals surface area contributed by atoms with Crippen LogP contribution in [0, 0.1) is 0 Å². The van der Waals surface area contributed by atoms with E-state index in [1.807, 2.05) is 4.72 Å². The summed E-state index contributed by atoms with van der Waals surface area (Å²) in [4.78, 5) is 0. The van der Waals surface area contributed by atoms with Gasteiger partial charge in [0.25, 0.3) is 10.2 Å². The first-order chi connectivity index (χ1) is 6.44. The van der Waals surface area contributed by atoms with Crippen LogP contribution < -0.4 is 14.6 Å². The van der Waals surface area contributed by atoms with Crippen molar-refractivity contribution in [1.29, 1.82) is 0 Å². The maximum Gasteiger partial charge on any atom is 0.296 e. The molecule has 0 amide bonds. The Morgan fingerprint density at radius 2 is 2.14 bits per heavy atom. The van der Waals surface area contributed by atoms with E-state index in [4.69, 9.17) is 9.88 Å². The third-order valence-electron chi connectivity index (χ3n) is 1.47. The smallest absolute Gasteiger partial charge is 0.296 e. The lowest BCUT2D eigenvalue weighted by Crippen LogP contribution is -2.22. The molecule has 0 atom stereocenters. The fourth-order valence-corrected chi connectivity index (χ4v) is 1.42. The van der Waals surface area contributed by atoms with E-state index in [1.54, 1.807) is 0 Å². The number of hydrogen-bond acceptors (Lipinski definition) is 4. The largest absolute Gasteiger partial charge is 0.506 e. The van der Waals surface area contributed by atoms with Crippen molar-refractivity contribution in [2.45, 2.75) is 0 Å². The number of phenols is 1. The Labute approximate surface area is 81.5 Å². The van der Waals surface area contributed by atoms with Gasteiger partial charge in [-0.25, -0.2) is 5.14 Å². The van der Waals surface area contributed by atoms with Crippen molar-refractivity contribution in [2.24, 2.45) is 5.14 Å². The summed E-state index contributed by atoms with van der Waals surface area (Å²) in [6.07, 6.45) is 0. The average molecular weight is 218 g/mol. The van der Waals surface area contributed by atoms with Crippen molar-refractivity contribution < 1.29 is 18.3 Å². The molecule has 0 fully saturated rings. The van der Waals surface area contributed by atoms with Crippen molar-refractivity contribution in [2.75, 3.05) is 11.8 Å². The molecule has 0 saturated heterocycles. The molecule has 0 aliphatic carbocycles. The highest BCUT2D eigenvalue weighted by atomic mass is 32.2. The second-order valence-corrected chi connectivity index (χ2v) is 3.80. The number of para-hydroxylation sites is 1. The molecule has 78 valence electrons. The van der Waals surface area contributed by atoms with Gasteiger partial charge in [0.05, 0.1) is 7.11 Å². The topological polar surface area (TPSA) is 102 Å². The molecule has 1 aromatic carbocycles. The number of ether oxygens (including phenoxy) is 1. The quantitative estimate of drug-likeness (QED) is 0.622. The lowest BCUT2D eigenvalue weighted by molar-refractivity contribution is 0.411. The lowest BCUT2D eigenvalue weighted by Gasteiger charge is -2.10. The van der Waals surface area contributed by atoms with Gasteiger partial charge in [-0.3, -0.25) is 4.72 Å². The molecule has 0 aliphatic heterocycles. The first-order valence-electron chi connectivity index (χ1n) is 3.60. The van der Waals surface area contributed by atoms with Gasteiger partial charge in [0.1, 0.15) is 17.2 Å². The van der Waals surface area contributed by atoms with Crippen LogP contribution in [-0.4, -0.2) is 20.6 Å². The molecule has 6 nitrogen and oxygen atoms in total. The molecular weight excluding hydrogens is 208 g/mol. The molecule has 0 heterocycles. The molecule has 0 aliphatic rings. The molecule has 0 aromatic heterocycles. The predicted octanol–water partition coefficient (Wildman–Crippen LogP) is 0.0162. The number of methoxy groups -OCH3 is 1. The van der Waals surface area contributed by atoms with Gasteiger partial charge in [0.15, 0.2) is 0 Å². The number of phenolic OH excluding ortho intramolecular Hbond substituents is 1. The molecule has 1 aromatic rings. The monoisotopic (exact) mass is 218 g/mol. The highest BCUT2D eigenvalue weighted by Crippen LogP contribution is 2.33. The van der Waals surface area contributed by atoms with E-state index in [-0.39, 0.29) is 17.2 Å². The summed E-state index contributed by atoms with van der Waals surface area (Å²) in [5.41, 5.74) is -0.0718. The Bertz CT molecular complexity index is 429. The number of aromatic hydroxyl groups is 1. The Kier molecular flexibility index (Phi) is 2.82. The van der Waals surface area contributed by atoms with E-state index < -0.39 is 10.2 Å². The zero-order chi connectivity index (χ0) is 10.8. The Morgan fingerprint density at radius 3 is 2.64 bits per heavy atom. The summed E-state index contributed by atoms with van der Waals surface area (Å²) >= 11 is 0. The summed E-state index contributed by atoms with van der Waals surface area (Å²) in [7, 11) is -2.57. The van der Waals surface area contributed by atoms with E-state index in [0.717, 1.165) is 0 Å². The van der Waals surface area contributed by atoms with E-state index in [2.05, 4.69) is 0 Å². The highest BCUT2D eigenvalue weighted by Gasteiger charge is 2.12. The van der Waals surface area contributed by atoms with E-state index in [0.29, 0.717) is 0 Å². The molecule has 0 saturated carbocycles. The minimum Gasteiger partial charge on any atom is -0.506 e. The number of anilines is 1. The lowest BCUT2D eigenvalue weighted by atomic mass is 10.3. The summed E-state index contributed by atoms with van der Waals surface area (Å²) in [6, 6.07) is 4.33. The van der Waals surface area contributed by atoms with Crippen molar-refractivity contribution >= 4 is 15.9 Å². The van der Waals surface area contributed by atoms with Crippen LogP contribution in [0.25, 0.3) is 0 Å². The summed E-state index contributed by atoms with van der Waals surface area (Å²) in [6.45, 7) is 0. The molecule has 14 heavy (non-hydrogen) atoms. The second kappa shape index (κ2) is 3.72. The Hall–Kier alpha value is -1.47. The van der Waals surface area contributed by atoms with Gasteiger partial charge in [-0.2, -0.15) is 8.42 Å². The fraction of sp³-hybridized carbons (Fsp3) is 0.143. The second-order valence-electron chi connectivity index (χ2n) is 2.50. The van der Waals surface area contributed by atoms with Crippen LogP contribution in [-0.2, 0) is 10.2 Å². The minimum absolute atomic E-state index is 0.0718. The SMILES string of the molecule is COc1cccc(O)c1NS(N)(=O)=O. The van der Waals surface area contributed by atoms with Crippen LogP contribution in [0.1, 0.15) is 0 Å². The molecular formula is C7H10N2O4S. The maximum absolute atomic E-state index is 10.7. The molecule has 0 spiro atoms. The fourth-order valence-electron chi connectivity index (χ4n) is 0.934. The van der Waals surface area contributed by atoms with Crippen LogP contribution in [0.15, 0.2) is 18.2 Å². The van der Waals surface area contributed by atoms with E-state index in [9.17, 15) is 13.5 Å². The average Bonchev–Trinajstić information content (AvgIpc) is 2.06. The van der Waals surface area contributed by atoms with Crippen LogP contribution in [0.2, 0.25) is 0 Å². The first-order valence-corrected chi connectivity index (χ1v) is 5.15. The van der Waals surface area contributed by atoms with Crippen LogP contribution in [0.3, 0.4) is 0 Å². The summed E-state index contributed by atoms with van der Waals surface area (Å²) in [5.74, 6) is -0.0580. The Morgan fingerprint density at radius 1 is 1.50 bits per heavy atom. The molecule has 0 bridgehead atoms. The predicted molar refractivity (Wildman–Crippen MR) is 51.4 cm³/mol. The number of nitrogens with one attached hydrogen (secondary N) is 1. The van der Waals surface area contributed by atoms with Crippen LogP contribution in [0.5, 0.6) is 11.5 Å². The van der Waals surface area contributed by atoms with Gasteiger partial charge in [-0.15, -0.1) is 0 Å². The highest BCUT2D eigenvalue weighted by molar-refractivity contribution is 7.90. The molecule has 1 rings (SSSR count). The zero-order valence-corrected chi connectivity index (χ0v) is 8.21. The van der Waals surface area contributed by atoms with Gasteiger partial charge in [-0.1, -0.05) is 6.07 Å². The minimum atomic E-state index is -3.92. The van der Waals surface area contributed by atoms with Gasteiger partial charge < -0.3 is 9.84 Å². The van der Waals surface area contributed by atoms with Crippen molar-refractivity contribution in [3.8, 4) is 11.5 Å². The standard InChI is InChI=1S/C7H10N2O4S/c1-13-6-4-2-3-5(10)7(6)9-14(8,11)12/h2-4,9-10H,1H3,(H2,8,11,12). The van der Waals surface area contributed by atoms with Crippen molar-refractivity contribution in [1.82, 2.24) is 0 Å². The molecule has 0 unspecified atom stereocenters. The van der Waals surface area contributed by atoms with Gasteiger partial charge >= 0.3 is 0 Å². The molecule has 4 N–H and O–H groups in total. The van der Waals surface area contributed by atoms with Gasteiger partial charge in [-0.05, 0) is 12.1 Å². The zero-order valence-electron chi connectivity index (χ0n) is 7.39. The van der Waals surface area contributed by atoms with E-state index in [1.165, 1.54) is 25.3 Å². The van der Waals surface area contributed by atoms with Gasteiger partial charge in [0, 0.05) is 0 Å². The van der Waals surface area contributed by atoms with Crippen LogP contribution >= 0.6 is 0 Å². The number of benzene rings is 1. The normalized spacial score (nSPS) is 11.0. The number of rotatable bonds is 3. The van der Waals surface area contributed by atoms with E-state index >= 15 is 0 Å². The Balaban J connectivity index is 3.18.